The monoisotopic (exact) mass is 219 g/mol. The summed E-state index contributed by atoms with van der Waals surface area (Å²) in [4.78, 5) is 32.3. The summed E-state index contributed by atoms with van der Waals surface area (Å²) in [6.45, 7) is 1.70. The molecule has 7 nitrogen and oxygen atoms in total. The van der Waals surface area contributed by atoms with Crippen molar-refractivity contribution in [1.82, 2.24) is 5.32 Å². The van der Waals surface area contributed by atoms with E-state index in [1.165, 1.54) is 0 Å². The van der Waals surface area contributed by atoms with E-state index >= 15 is 0 Å². The number of carbonyl (C=O) groups is 3. The van der Waals surface area contributed by atoms with Gasteiger partial charge in [-0.2, -0.15) is 0 Å². The minimum Gasteiger partial charge on any atom is -0.480 e. The van der Waals surface area contributed by atoms with E-state index in [2.05, 4.69) is 9.47 Å². The zero-order chi connectivity index (χ0) is 11.8. The van der Waals surface area contributed by atoms with Crippen LogP contribution in [0.15, 0.2) is 0 Å². The van der Waals surface area contributed by atoms with Gasteiger partial charge >= 0.3 is 18.0 Å². The zero-order valence-corrected chi connectivity index (χ0v) is 8.48. The number of rotatable bonds is 5. The number of nitrogens with one attached hydrogen (secondary N) is 1. The molecule has 2 N–H and O–H groups in total. The molecule has 0 aromatic heterocycles. The quantitative estimate of drug-likeness (QED) is 0.618. The molecule has 0 aromatic carbocycles. The molecule has 0 aromatic rings. The van der Waals surface area contributed by atoms with Gasteiger partial charge in [-0.3, -0.25) is 4.79 Å². The van der Waals surface area contributed by atoms with Gasteiger partial charge in [0.1, 0.15) is 6.04 Å². The molecule has 0 saturated heterocycles. The molecule has 7 heteroatoms. The van der Waals surface area contributed by atoms with Crippen molar-refractivity contribution < 1.29 is 29.0 Å². The summed E-state index contributed by atoms with van der Waals surface area (Å²) in [7, 11) is 1.13. The first-order valence-corrected chi connectivity index (χ1v) is 4.24. The molecule has 0 heterocycles. The first-order valence-electron chi connectivity index (χ1n) is 4.24. The number of methoxy groups -OCH3 is 1. The topological polar surface area (TPSA) is 102 Å². The fraction of sp³-hybridized carbons (Fsp3) is 0.625. The number of hydrogen-bond donors (Lipinski definition) is 2. The third kappa shape index (κ3) is 5.50. The summed E-state index contributed by atoms with van der Waals surface area (Å²) < 4.78 is 8.75. The number of carbonyl (C=O) groups excluding carboxylic acids is 2. The Morgan fingerprint density at radius 3 is 2.40 bits per heavy atom. The molecule has 15 heavy (non-hydrogen) atoms. The van der Waals surface area contributed by atoms with E-state index < -0.39 is 30.5 Å². The maximum absolute atomic E-state index is 10.9. The SMILES string of the molecule is CCOC(=O)N[C@@H](CC(=O)OC)C(=O)O. The Morgan fingerprint density at radius 1 is 1.40 bits per heavy atom. The van der Waals surface area contributed by atoms with Crippen LogP contribution in [0.1, 0.15) is 13.3 Å². The van der Waals surface area contributed by atoms with Crippen molar-refractivity contribution in [1.29, 1.82) is 0 Å². The van der Waals surface area contributed by atoms with Crippen molar-refractivity contribution in [3.05, 3.63) is 0 Å². The number of esters is 1. The molecule has 0 aliphatic carbocycles. The second-order valence-corrected chi connectivity index (χ2v) is 2.54. The van der Waals surface area contributed by atoms with Crippen LogP contribution in [0, 0.1) is 0 Å². The van der Waals surface area contributed by atoms with Crippen LogP contribution in [0.3, 0.4) is 0 Å². The van der Waals surface area contributed by atoms with Crippen LogP contribution in [0.25, 0.3) is 0 Å². The number of carboxylic acid groups (broad SMARTS) is 1. The highest BCUT2D eigenvalue weighted by Crippen LogP contribution is 1.95. The normalized spacial score (nSPS) is 11.3. The van der Waals surface area contributed by atoms with Crippen LogP contribution in [0.5, 0.6) is 0 Å². The summed E-state index contributed by atoms with van der Waals surface area (Å²) in [5, 5.41) is 10.7. The van der Waals surface area contributed by atoms with Gasteiger partial charge in [-0.25, -0.2) is 9.59 Å². The van der Waals surface area contributed by atoms with E-state index in [4.69, 9.17) is 5.11 Å². The predicted molar refractivity (Wildman–Crippen MR) is 48.2 cm³/mol. The Kier molecular flexibility index (Phi) is 5.84. The molecule has 0 bridgehead atoms. The largest absolute Gasteiger partial charge is 0.480 e. The molecule has 1 amide bonds. The van der Waals surface area contributed by atoms with E-state index in [1.807, 2.05) is 5.32 Å². The molecule has 86 valence electrons. The highest BCUT2D eigenvalue weighted by atomic mass is 16.5. The van der Waals surface area contributed by atoms with Gasteiger partial charge in [0.15, 0.2) is 0 Å². The maximum Gasteiger partial charge on any atom is 0.407 e. The van der Waals surface area contributed by atoms with Gasteiger partial charge in [0.25, 0.3) is 0 Å². The molecule has 0 fully saturated rings. The zero-order valence-electron chi connectivity index (χ0n) is 8.48. The smallest absolute Gasteiger partial charge is 0.407 e. The molecule has 1 atom stereocenters. The lowest BCUT2D eigenvalue weighted by Crippen LogP contribution is -2.42. The molecule has 0 radical (unpaired) electrons. The van der Waals surface area contributed by atoms with Crippen LogP contribution in [0.4, 0.5) is 4.79 Å². The third-order valence-corrected chi connectivity index (χ3v) is 1.46. The fourth-order valence-corrected chi connectivity index (χ4v) is 0.765. The number of ether oxygens (including phenoxy) is 2. The summed E-state index contributed by atoms with van der Waals surface area (Å²) in [6.07, 6.45) is -1.32. The van der Waals surface area contributed by atoms with Crippen LogP contribution < -0.4 is 5.32 Å². The lowest BCUT2D eigenvalue weighted by atomic mass is 10.2. The number of alkyl carbamates (subject to hydrolysis) is 1. The van der Waals surface area contributed by atoms with Gasteiger partial charge in [-0.05, 0) is 6.92 Å². The highest BCUT2D eigenvalue weighted by Gasteiger charge is 2.23. The van der Waals surface area contributed by atoms with E-state index in [0.29, 0.717) is 0 Å². The van der Waals surface area contributed by atoms with Gasteiger partial charge < -0.3 is 19.9 Å². The van der Waals surface area contributed by atoms with Crippen LogP contribution >= 0.6 is 0 Å². The van der Waals surface area contributed by atoms with Gasteiger partial charge in [-0.15, -0.1) is 0 Å². The average Bonchev–Trinajstić information content (AvgIpc) is 2.16. The van der Waals surface area contributed by atoms with E-state index in [9.17, 15) is 14.4 Å². The van der Waals surface area contributed by atoms with Crippen molar-refractivity contribution in [2.75, 3.05) is 13.7 Å². The van der Waals surface area contributed by atoms with Crippen molar-refractivity contribution >= 4 is 18.0 Å². The fourth-order valence-electron chi connectivity index (χ4n) is 0.765. The standard InChI is InChI=1S/C8H13NO6/c1-3-15-8(13)9-5(7(11)12)4-6(10)14-2/h5H,3-4H2,1-2H3,(H,9,13)(H,11,12)/t5-/m0/s1. The number of aliphatic carboxylic acids is 1. The Bertz CT molecular complexity index is 252. The molecule has 0 unspecified atom stereocenters. The molecule has 0 rings (SSSR count). The number of carboxylic acids is 1. The summed E-state index contributed by atoms with van der Waals surface area (Å²) in [5.41, 5.74) is 0. The van der Waals surface area contributed by atoms with E-state index in [-0.39, 0.29) is 6.61 Å². The van der Waals surface area contributed by atoms with E-state index in [0.717, 1.165) is 7.11 Å². The highest BCUT2D eigenvalue weighted by molar-refractivity contribution is 5.85. The van der Waals surface area contributed by atoms with Gasteiger partial charge in [0.05, 0.1) is 20.1 Å². The summed E-state index contributed by atoms with van der Waals surface area (Å²) >= 11 is 0. The molecule has 0 spiro atoms. The predicted octanol–water partition coefficient (Wildman–Crippen LogP) is -0.251. The van der Waals surface area contributed by atoms with Crippen LogP contribution in [0.2, 0.25) is 0 Å². The Labute approximate surface area is 86.3 Å². The van der Waals surface area contributed by atoms with E-state index in [1.54, 1.807) is 6.92 Å². The summed E-state index contributed by atoms with van der Waals surface area (Å²) in [6, 6.07) is -1.34. The van der Waals surface area contributed by atoms with Gasteiger partial charge in [0.2, 0.25) is 0 Å². The maximum atomic E-state index is 10.9. The second kappa shape index (κ2) is 6.63. The van der Waals surface area contributed by atoms with Crippen LogP contribution in [-0.4, -0.2) is 42.9 Å². The third-order valence-electron chi connectivity index (χ3n) is 1.46. The first kappa shape index (κ1) is 13.2. The Hall–Kier alpha value is -1.79. The lowest BCUT2D eigenvalue weighted by Gasteiger charge is -2.12. The molecule has 0 aliphatic heterocycles. The average molecular weight is 219 g/mol. The first-order chi connectivity index (χ1) is 7.01. The molecule has 0 aliphatic rings. The number of amides is 1. The molecular formula is C8H13NO6. The summed E-state index contributed by atoms with van der Waals surface area (Å²) in [5.74, 6) is -2.05. The van der Waals surface area contributed by atoms with Gasteiger partial charge in [-0.1, -0.05) is 0 Å². The van der Waals surface area contributed by atoms with Crippen molar-refractivity contribution in [2.24, 2.45) is 0 Å². The molecular weight excluding hydrogens is 206 g/mol. The molecule has 0 saturated carbocycles. The van der Waals surface area contributed by atoms with Gasteiger partial charge in [0, 0.05) is 0 Å². The Balaban J connectivity index is 4.22. The Morgan fingerprint density at radius 2 is 2.00 bits per heavy atom. The van der Waals surface area contributed by atoms with Crippen molar-refractivity contribution in [3.8, 4) is 0 Å². The van der Waals surface area contributed by atoms with Crippen LogP contribution in [-0.2, 0) is 19.1 Å². The minimum atomic E-state index is -1.34. The minimum absolute atomic E-state index is 0.121. The second-order valence-electron chi connectivity index (χ2n) is 2.54. The van der Waals surface area contributed by atoms with Crippen molar-refractivity contribution in [2.45, 2.75) is 19.4 Å². The number of hydrogen-bond acceptors (Lipinski definition) is 5. The lowest BCUT2D eigenvalue weighted by molar-refractivity contribution is -0.147. The van der Waals surface area contributed by atoms with Crippen molar-refractivity contribution in [3.63, 3.8) is 0 Å².